The van der Waals surface area contributed by atoms with Crippen LogP contribution in [0.1, 0.15) is 18.1 Å². The van der Waals surface area contributed by atoms with Crippen LogP contribution in [0.3, 0.4) is 0 Å². The Kier molecular flexibility index (Phi) is 6.54. The first-order valence-corrected chi connectivity index (χ1v) is 11.3. The van der Waals surface area contributed by atoms with E-state index >= 15 is 0 Å². The Balaban J connectivity index is 1.29. The monoisotopic (exact) mass is 425 g/mol. The number of thioether (sulfide) groups is 1. The molecule has 0 saturated carbocycles. The first-order valence-electron chi connectivity index (χ1n) is 10.3. The van der Waals surface area contributed by atoms with E-state index in [2.05, 4.69) is 46.3 Å². The lowest BCUT2D eigenvalue weighted by molar-refractivity contribution is -0.130. The zero-order valence-electron chi connectivity index (χ0n) is 17.5. The number of hydrogen-bond acceptors (Lipinski definition) is 6. The molecule has 1 saturated heterocycles. The van der Waals surface area contributed by atoms with Crippen LogP contribution in [0.4, 0.5) is 0 Å². The van der Waals surface area contributed by atoms with Gasteiger partial charge in [0.1, 0.15) is 0 Å². The lowest BCUT2D eigenvalue weighted by Gasteiger charge is -2.35. The second-order valence-electron chi connectivity index (χ2n) is 7.40. The van der Waals surface area contributed by atoms with Crippen molar-refractivity contribution in [1.82, 2.24) is 24.6 Å². The number of furan rings is 1. The molecule has 0 radical (unpaired) electrons. The number of amides is 1. The maximum absolute atomic E-state index is 12.7. The van der Waals surface area contributed by atoms with Crippen LogP contribution in [0.5, 0.6) is 0 Å². The predicted octanol–water partition coefficient (Wildman–Crippen LogP) is 3.30. The van der Waals surface area contributed by atoms with Crippen LogP contribution in [-0.2, 0) is 17.9 Å². The fourth-order valence-electron chi connectivity index (χ4n) is 3.67. The molecule has 1 aliphatic heterocycles. The third-order valence-corrected chi connectivity index (χ3v) is 6.43. The summed E-state index contributed by atoms with van der Waals surface area (Å²) < 4.78 is 7.43. The molecule has 1 aliphatic rings. The fraction of sp³-hybridized carbons (Fsp3) is 0.409. The van der Waals surface area contributed by atoms with E-state index in [1.807, 2.05) is 28.5 Å². The van der Waals surface area contributed by atoms with E-state index in [0.717, 1.165) is 44.4 Å². The second kappa shape index (κ2) is 9.49. The molecule has 3 aromatic rings. The number of carbonyl (C=O) groups is 1. The summed E-state index contributed by atoms with van der Waals surface area (Å²) in [5.41, 5.74) is 2.68. The molecule has 0 unspecified atom stereocenters. The summed E-state index contributed by atoms with van der Waals surface area (Å²) >= 11 is 1.44. The highest BCUT2D eigenvalue weighted by Crippen LogP contribution is 2.24. The Bertz CT molecular complexity index is 977. The van der Waals surface area contributed by atoms with E-state index in [9.17, 15) is 4.79 Å². The number of hydrogen-bond donors (Lipinski definition) is 0. The van der Waals surface area contributed by atoms with Crippen LogP contribution < -0.4 is 0 Å². The molecule has 7 nitrogen and oxygen atoms in total. The number of nitrogens with zero attached hydrogens (tertiary/aromatic N) is 5. The Morgan fingerprint density at radius 1 is 1.10 bits per heavy atom. The van der Waals surface area contributed by atoms with Gasteiger partial charge in [-0.15, -0.1) is 10.2 Å². The van der Waals surface area contributed by atoms with Crippen LogP contribution in [-0.4, -0.2) is 62.4 Å². The number of benzene rings is 1. The van der Waals surface area contributed by atoms with Gasteiger partial charge in [0.05, 0.1) is 12.0 Å². The molecule has 1 fully saturated rings. The topological polar surface area (TPSA) is 67.4 Å². The molecule has 0 N–H and O–H groups in total. The molecule has 0 atom stereocenters. The van der Waals surface area contributed by atoms with Crippen LogP contribution in [0, 0.1) is 6.92 Å². The normalized spacial score (nSPS) is 14.9. The van der Waals surface area contributed by atoms with Crippen molar-refractivity contribution in [1.29, 1.82) is 0 Å². The summed E-state index contributed by atoms with van der Waals surface area (Å²) in [6.07, 6.45) is 1.62. The van der Waals surface area contributed by atoms with Gasteiger partial charge in [-0.1, -0.05) is 36.0 Å². The van der Waals surface area contributed by atoms with E-state index in [1.165, 1.54) is 22.9 Å². The zero-order chi connectivity index (χ0) is 20.9. The summed E-state index contributed by atoms with van der Waals surface area (Å²) in [4.78, 5) is 17.1. The van der Waals surface area contributed by atoms with Crippen molar-refractivity contribution in [3.05, 3.63) is 53.8 Å². The molecule has 1 aromatic carbocycles. The summed E-state index contributed by atoms with van der Waals surface area (Å²) in [5.74, 6) is 1.91. The van der Waals surface area contributed by atoms with Crippen LogP contribution in [0.15, 0.2) is 52.2 Å². The first-order chi connectivity index (χ1) is 14.7. The van der Waals surface area contributed by atoms with Crippen LogP contribution in [0.2, 0.25) is 0 Å². The van der Waals surface area contributed by atoms with Crippen molar-refractivity contribution in [3.8, 4) is 11.6 Å². The fourth-order valence-corrected chi connectivity index (χ4v) is 4.58. The molecule has 4 rings (SSSR count). The highest BCUT2D eigenvalue weighted by molar-refractivity contribution is 7.99. The number of aryl methyl sites for hydroxylation is 1. The van der Waals surface area contributed by atoms with E-state index < -0.39 is 0 Å². The van der Waals surface area contributed by atoms with E-state index in [-0.39, 0.29) is 5.91 Å². The standard InChI is InChI=1S/C22H27N5O2S/c1-3-27-21(19-9-6-14-29-19)23-24-22(27)30-16-20(28)26-12-10-25(11-13-26)15-18-8-5-4-7-17(18)2/h4-9,14H,3,10-13,15-16H2,1-2H3. The average molecular weight is 426 g/mol. The molecule has 0 bridgehead atoms. The minimum Gasteiger partial charge on any atom is -0.461 e. The van der Waals surface area contributed by atoms with E-state index in [1.54, 1.807) is 6.26 Å². The summed E-state index contributed by atoms with van der Waals surface area (Å²) in [6, 6.07) is 12.2. The van der Waals surface area contributed by atoms with E-state index in [0.29, 0.717) is 17.3 Å². The van der Waals surface area contributed by atoms with Crippen LogP contribution >= 0.6 is 11.8 Å². The molecule has 8 heteroatoms. The summed E-state index contributed by atoms with van der Waals surface area (Å²) in [5, 5.41) is 9.25. The Labute approximate surface area is 181 Å². The van der Waals surface area contributed by atoms with Gasteiger partial charge in [-0.2, -0.15) is 0 Å². The maximum Gasteiger partial charge on any atom is 0.233 e. The number of rotatable bonds is 7. The summed E-state index contributed by atoms with van der Waals surface area (Å²) in [7, 11) is 0. The quantitative estimate of drug-likeness (QED) is 0.541. The number of carbonyl (C=O) groups excluding carboxylic acids is 1. The van der Waals surface area contributed by atoms with Gasteiger partial charge >= 0.3 is 0 Å². The minimum atomic E-state index is 0.153. The molecule has 1 amide bonds. The molecule has 30 heavy (non-hydrogen) atoms. The minimum absolute atomic E-state index is 0.153. The lowest BCUT2D eigenvalue weighted by atomic mass is 10.1. The largest absolute Gasteiger partial charge is 0.461 e. The van der Waals surface area contributed by atoms with Crippen molar-refractivity contribution in [3.63, 3.8) is 0 Å². The Morgan fingerprint density at radius 2 is 1.90 bits per heavy atom. The Hall–Kier alpha value is -2.58. The van der Waals surface area contributed by atoms with Crippen molar-refractivity contribution >= 4 is 17.7 Å². The number of aromatic nitrogens is 3. The van der Waals surface area contributed by atoms with Gasteiger partial charge in [0, 0.05) is 39.3 Å². The van der Waals surface area contributed by atoms with Gasteiger partial charge in [0.25, 0.3) is 0 Å². The maximum atomic E-state index is 12.7. The van der Waals surface area contributed by atoms with Crippen molar-refractivity contribution < 1.29 is 9.21 Å². The third kappa shape index (κ3) is 4.60. The van der Waals surface area contributed by atoms with Gasteiger partial charge in [-0.05, 0) is 37.1 Å². The van der Waals surface area contributed by atoms with Crippen LogP contribution in [0.25, 0.3) is 11.6 Å². The molecule has 158 valence electrons. The highest BCUT2D eigenvalue weighted by Gasteiger charge is 2.23. The zero-order valence-corrected chi connectivity index (χ0v) is 18.3. The van der Waals surface area contributed by atoms with Gasteiger partial charge in [0.2, 0.25) is 5.91 Å². The molecular formula is C22H27N5O2S. The highest BCUT2D eigenvalue weighted by atomic mass is 32.2. The van der Waals surface area contributed by atoms with Gasteiger partial charge in [0.15, 0.2) is 16.7 Å². The SMILES string of the molecule is CCn1c(SCC(=O)N2CCN(Cc3ccccc3C)CC2)nnc1-c1ccco1. The van der Waals surface area contributed by atoms with Gasteiger partial charge in [-0.25, -0.2) is 0 Å². The first kappa shape index (κ1) is 20.7. The third-order valence-electron chi connectivity index (χ3n) is 5.48. The lowest BCUT2D eigenvalue weighted by Crippen LogP contribution is -2.48. The molecule has 0 spiro atoms. The van der Waals surface area contributed by atoms with Gasteiger partial charge in [-0.3, -0.25) is 14.3 Å². The molecular weight excluding hydrogens is 398 g/mol. The molecule has 2 aromatic heterocycles. The Morgan fingerprint density at radius 3 is 2.60 bits per heavy atom. The molecule has 0 aliphatic carbocycles. The van der Waals surface area contributed by atoms with Gasteiger partial charge < -0.3 is 9.32 Å². The van der Waals surface area contributed by atoms with Crippen molar-refractivity contribution in [2.75, 3.05) is 31.9 Å². The molecule has 3 heterocycles. The van der Waals surface area contributed by atoms with E-state index in [4.69, 9.17) is 4.42 Å². The second-order valence-corrected chi connectivity index (χ2v) is 8.34. The van der Waals surface area contributed by atoms with Crippen molar-refractivity contribution in [2.24, 2.45) is 0 Å². The smallest absolute Gasteiger partial charge is 0.233 e. The predicted molar refractivity (Wildman–Crippen MR) is 117 cm³/mol. The van der Waals surface area contributed by atoms with Crippen molar-refractivity contribution in [2.45, 2.75) is 32.1 Å². The average Bonchev–Trinajstić information content (AvgIpc) is 3.43. The summed E-state index contributed by atoms with van der Waals surface area (Å²) in [6.45, 7) is 9.19. The number of piperazine rings is 1.